The molecular weight excluding hydrogens is 376 g/mol. The van der Waals surface area contributed by atoms with Crippen LogP contribution >= 0.6 is 6.72 Å². The summed E-state index contributed by atoms with van der Waals surface area (Å²) in [6.07, 6.45) is -1.61. The van der Waals surface area contributed by atoms with Gasteiger partial charge in [0, 0.05) is 45.8 Å². The molecule has 0 N–H and O–H groups in total. The first-order valence-corrected chi connectivity index (χ1v) is 11.1. The summed E-state index contributed by atoms with van der Waals surface area (Å²) in [5, 5.41) is 0. The lowest BCUT2D eigenvalue weighted by atomic mass is 9.49. The standard InChI is InChI=1S/C14H25B3O7PS/c1-7-9(5-19-3)22-13(15)12(7)24-25(18,26)21-6-10-11(20-4)8(2)14(17-16)23-10/h7-14H,5-6H2,1-4H3,(H,18,26)/p-1/t7?,8-,9+,10+,11?,12-,13+,14+,25?/m0/s1. The zero-order chi connectivity index (χ0) is 19.5. The third-order valence-corrected chi connectivity index (χ3v) is 6.48. The van der Waals surface area contributed by atoms with E-state index in [9.17, 15) is 4.89 Å². The molecule has 0 aromatic carbocycles. The van der Waals surface area contributed by atoms with Gasteiger partial charge in [-0.3, -0.25) is 0 Å². The Balaban J connectivity index is 1.91. The van der Waals surface area contributed by atoms with Gasteiger partial charge in [-0.05, 0) is 0 Å². The molecule has 3 unspecified atom stereocenters. The minimum Gasteiger partial charge on any atom is -0.780 e. The quantitative estimate of drug-likeness (QED) is 0.372. The molecule has 0 aromatic heterocycles. The van der Waals surface area contributed by atoms with Crippen molar-refractivity contribution in [3.63, 3.8) is 0 Å². The smallest absolute Gasteiger partial charge is 0.116 e. The maximum Gasteiger partial charge on any atom is 0.116 e. The molecule has 0 aliphatic carbocycles. The van der Waals surface area contributed by atoms with Gasteiger partial charge in [0.05, 0.1) is 38.7 Å². The van der Waals surface area contributed by atoms with Crippen molar-refractivity contribution in [2.24, 2.45) is 11.8 Å². The second-order valence-electron chi connectivity index (χ2n) is 6.66. The predicted octanol–water partition coefficient (Wildman–Crippen LogP) is -0.687. The zero-order valence-electron chi connectivity index (χ0n) is 15.5. The molecule has 2 heterocycles. The normalized spacial score (nSPS) is 42.7. The third-order valence-electron chi connectivity index (χ3n) is 4.94. The highest BCUT2D eigenvalue weighted by Gasteiger charge is 2.43. The van der Waals surface area contributed by atoms with Crippen LogP contribution in [-0.4, -0.2) is 86.6 Å². The van der Waals surface area contributed by atoms with E-state index in [0.29, 0.717) is 6.61 Å². The number of hydrogen-bond acceptors (Lipinski definition) is 8. The summed E-state index contributed by atoms with van der Waals surface area (Å²) in [6.45, 7) is 0.363. The summed E-state index contributed by atoms with van der Waals surface area (Å²) in [5.41, 5.74) is 0. The Morgan fingerprint density at radius 3 is 2.38 bits per heavy atom. The average Bonchev–Trinajstić information content (AvgIpc) is 3.04. The zero-order valence-corrected chi connectivity index (χ0v) is 17.2. The molecule has 2 aliphatic rings. The molecule has 0 saturated carbocycles. The van der Waals surface area contributed by atoms with Gasteiger partial charge in [0.1, 0.15) is 20.7 Å². The molecule has 0 aromatic rings. The molecule has 7 nitrogen and oxygen atoms in total. The molecule has 2 rings (SSSR count). The van der Waals surface area contributed by atoms with Crippen LogP contribution < -0.4 is 4.89 Å². The fourth-order valence-corrected chi connectivity index (χ4v) is 4.90. The summed E-state index contributed by atoms with van der Waals surface area (Å²) in [7, 11) is 16.1. The number of ether oxygens (including phenoxy) is 4. The van der Waals surface area contributed by atoms with Crippen molar-refractivity contribution in [1.29, 1.82) is 0 Å². The van der Waals surface area contributed by atoms with Crippen LogP contribution in [0.25, 0.3) is 0 Å². The molecule has 0 bridgehead atoms. The van der Waals surface area contributed by atoms with Gasteiger partial charge in [-0.25, -0.2) is 0 Å². The highest BCUT2D eigenvalue weighted by molar-refractivity contribution is 8.06. The SMILES string of the molecule is [B][B][C@@H]1O[C@H](COP([O-])(=S)O[C@H]2C(C)[C@@H](COC)O[C@H]2[B])C(OC)[C@@H]1C. The van der Waals surface area contributed by atoms with Gasteiger partial charge in [0.25, 0.3) is 0 Å². The molecule has 26 heavy (non-hydrogen) atoms. The maximum atomic E-state index is 12.6. The first-order valence-electron chi connectivity index (χ1n) is 8.51. The van der Waals surface area contributed by atoms with Gasteiger partial charge in [-0.1, -0.05) is 25.7 Å². The number of hydrogen-bond donors (Lipinski definition) is 0. The predicted molar refractivity (Wildman–Crippen MR) is 101 cm³/mol. The highest BCUT2D eigenvalue weighted by atomic mass is 32.5. The van der Waals surface area contributed by atoms with E-state index in [2.05, 4.69) is 0 Å². The molecule has 5 radical (unpaired) electrons. The Morgan fingerprint density at radius 1 is 1.12 bits per heavy atom. The van der Waals surface area contributed by atoms with E-state index in [1.165, 1.54) is 7.17 Å². The fourth-order valence-electron chi connectivity index (χ4n) is 3.42. The third kappa shape index (κ3) is 5.34. The highest BCUT2D eigenvalue weighted by Crippen LogP contribution is 2.45. The average molecular weight is 400 g/mol. The van der Waals surface area contributed by atoms with Gasteiger partial charge in [-0.15, -0.1) is 0 Å². The van der Waals surface area contributed by atoms with E-state index in [1.54, 1.807) is 14.2 Å². The van der Waals surface area contributed by atoms with Crippen LogP contribution in [0.3, 0.4) is 0 Å². The summed E-state index contributed by atoms with van der Waals surface area (Å²) in [4.78, 5) is 12.6. The number of methoxy groups -OCH3 is 2. The summed E-state index contributed by atoms with van der Waals surface area (Å²) >= 11 is 5.03. The van der Waals surface area contributed by atoms with Crippen molar-refractivity contribution in [2.45, 2.75) is 50.3 Å². The van der Waals surface area contributed by atoms with Crippen LogP contribution in [-0.2, 0) is 39.8 Å². The van der Waals surface area contributed by atoms with E-state index in [4.69, 9.17) is 55.4 Å². The molecule has 9 atom stereocenters. The van der Waals surface area contributed by atoms with E-state index >= 15 is 0 Å². The van der Waals surface area contributed by atoms with Crippen LogP contribution in [0.1, 0.15) is 13.8 Å². The van der Waals surface area contributed by atoms with E-state index in [1.807, 2.05) is 13.8 Å². The van der Waals surface area contributed by atoms with Gasteiger partial charge in [0.15, 0.2) is 0 Å². The van der Waals surface area contributed by atoms with Gasteiger partial charge >= 0.3 is 0 Å². The van der Waals surface area contributed by atoms with E-state index in [0.717, 1.165) is 0 Å². The Bertz CT molecular complexity index is 505. The van der Waals surface area contributed by atoms with Crippen molar-refractivity contribution in [3.8, 4) is 0 Å². The van der Waals surface area contributed by atoms with Gasteiger partial charge < -0.3 is 32.9 Å². The summed E-state index contributed by atoms with van der Waals surface area (Å²) < 4.78 is 32.8. The number of rotatable bonds is 9. The molecule has 2 saturated heterocycles. The second-order valence-corrected chi connectivity index (χ2v) is 9.36. The van der Waals surface area contributed by atoms with Gasteiger partial charge in [-0.2, -0.15) is 0 Å². The van der Waals surface area contributed by atoms with Gasteiger partial charge in [0.2, 0.25) is 0 Å². The van der Waals surface area contributed by atoms with Crippen molar-refractivity contribution >= 4 is 41.3 Å². The summed E-state index contributed by atoms with van der Waals surface area (Å²) in [6, 6.07) is -1.03. The van der Waals surface area contributed by atoms with Crippen molar-refractivity contribution < 1.29 is 32.9 Å². The fraction of sp³-hybridized carbons (Fsp3) is 1.00. The topological polar surface area (TPSA) is 78.4 Å². The van der Waals surface area contributed by atoms with Crippen LogP contribution in [0, 0.1) is 11.8 Å². The van der Waals surface area contributed by atoms with Crippen molar-refractivity contribution in [1.82, 2.24) is 0 Å². The Labute approximate surface area is 164 Å². The monoisotopic (exact) mass is 400 g/mol. The van der Waals surface area contributed by atoms with Crippen molar-refractivity contribution in [2.75, 3.05) is 27.4 Å². The van der Waals surface area contributed by atoms with Crippen molar-refractivity contribution in [3.05, 3.63) is 0 Å². The molecule has 12 heteroatoms. The molecular formula is C14H24B3O7PS-. The second kappa shape index (κ2) is 9.85. The lowest BCUT2D eigenvalue weighted by Crippen LogP contribution is -2.34. The van der Waals surface area contributed by atoms with Crippen LogP contribution in [0.2, 0.25) is 0 Å². The summed E-state index contributed by atoms with van der Waals surface area (Å²) in [5.74, 6) is -0.106. The Hall–Kier alpha value is 0.565. The Morgan fingerprint density at radius 2 is 1.81 bits per heavy atom. The first-order chi connectivity index (χ1) is 12.2. The lowest BCUT2D eigenvalue weighted by Gasteiger charge is -2.34. The van der Waals surface area contributed by atoms with E-state index < -0.39 is 24.9 Å². The lowest BCUT2D eigenvalue weighted by molar-refractivity contribution is -0.214. The maximum absolute atomic E-state index is 12.6. The minimum absolute atomic E-state index is 0.0351. The molecule has 0 spiro atoms. The van der Waals surface area contributed by atoms with E-state index in [-0.39, 0.29) is 36.7 Å². The molecule has 143 valence electrons. The first kappa shape index (κ1) is 22.8. The van der Waals surface area contributed by atoms with Crippen LogP contribution in [0.4, 0.5) is 0 Å². The van der Waals surface area contributed by atoms with Crippen LogP contribution in [0.5, 0.6) is 0 Å². The molecule has 2 fully saturated rings. The minimum atomic E-state index is -3.79. The Kier molecular flexibility index (Phi) is 8.66. The molecule has 2 aliphatic heterocycles. The largest absolute Gasteiger partial charge is 0.780 e. The molecule has 0 amide bonds. The van der Waals surface area contributed by atoms with Crippen LogP contribution in [0.15, 0.2) is 0 Å².